The van der Waals surface area contributed by atoms with Crippen molar-refractivity contribution < 1.29 is 5.11 Å². The summed E-state index contributed by atoms with van der Waals surface area (Å²) in [5, 5.41) is 18.9. The van der Waals surface area contributed by atoms with Crippen LogP contribution in [0.5, 0.6) is 0 Å². The summed E-state index contributed by atoms with van der Waals surface area (Å²) in [5.74, 6) is 0.182. The van der Waals surface area contributed by atoms with Gasteiger partial charge in [0, 0.05) is 33.7 Å². The molecular weight excluding hydrogens is 316 g/mol. The summed E-state index contributed by atoms with van der Waals surface area (Å²) in [7, 11) is 2.96. The first-order valence-corrected chi connectivity index (χ1v) is 7.67. The molecule has 0 spiro atoms. The predicted molar refractivity (Wildman–Crippen MR) is 86.2 cm³/mol. The van der Waals surface area contributed by atoms with E-state index in [9.17, 15) is 9.59 Å². The molecule has 1 saturated heterocycles. The molecule has 0 atom stereocenters. The number of nitrogens with zero attached hydrogens (tertiary/aromatic N) is 7. The molecule has 1 aliphatic heterocycles. The molecule has 2 N–H and O–H groups in total. The molecule has 2 aromatic heterocycles. The molecule has 0 aliphatic carbocycles. The Morgan fingerprint density at radius 3 is 2.54 bits per heavy atom. The molecule has 11 nitrogen and oxygen atoms in total. The van der Waals surface area contributed by atoms with Crippen LogP contribution >= 0.6 is 0 Å². The minimum Gasteiger partial charge on any atom is -0.395 e. The molecule has 0 radical (unpaired) electrons. The number of hydrogen-bond acceptors (Lipinski definition) is 7. The topological polar surface area (TPSA) is 124 Å². The monoisotopic (exact) mass is 336 g/mol. The minimum atomic E-state index is -0.445. The summed E-state index contributed by atoms with van der Waals surface area (Å²) in [4.78, 5) is 33.1. The molecule has 3 rings (SSSR count). The second-order valence-electron chi connectivity index (χ2n) is 5.67. The minimum absolute atomic E-state index is 0.147. The first-order valence-electron chi connectivity index (χ1n) is 7.67. The van der Waals surface area contributed by atoms with Gasteiger partial charge in [0.25, 0.3) is 11.5 Å². The standard InChI is InChI=1S/C13H20N8O3/c1-18-10-9(11(23)19(2)13(18)24)14-12(15-10)16-17-21-5-3-20(4-6-21)7-8-22/h22H,3-8H2,1-2H3,(H,14,15)/b17-16+. The van der Waals surface area contributed by atoms with Gasteiger partial charge in [-0.3, -0.25) is 23.8 Å². The number of imidazole rings is 1. The largest absolute Gasteiger partial charge is 0.395 e. The Labute approximate surface area is 136 Å². The van der Waals surface area contributed by atoms with Crippen LogP contribution in [-0.4, -0.2) is 73.4 Å². The van der Waals surface area contributed by atoms with E-state index in [-0.39, 0.29) is 23.7 Å². The van der Waals surface area contributed by atoms with E-state index < -0.39 is 11.2 Å². The van der Waals surface area contributed by atoms with Crippen LogP contribution in [-0.2, 0) is 14.1 Å². The number of aliphatic hydroxyl groups is 1. The van der Waals surface area contributed by atoms with Crippen LogP contribution in [0.15, 0.2) is 19.9 Å². The van der Waals surface area contributed by atoms with Gasteiger partial charge >= 0.3 is 5.69 Å². The Kier molecular flexibility index (Phi) is 4.44. The van der Waals surface area contributed by atoms with Crippen molar-refractivity contribution in [2.45, 2.75) is 0 Å². The van der Waals surface area contributed by atoms with E-state index in [1.54, 1.807) is 12.1 Å². The zero-order chi connectivity index (χ0) is 17.3. The molecule has 0 unspecified atom stereocenters. The van der Waals surface area contributed by atoms with Crippen LogP contribution < -0.4 is 11.2 Å². The first kappa shape index (κ1) is 16.3. The molecule has 3 heterocycles. The Morgan fingerprint density at radius 1 is 1.17 bits per heavy atom. The van der Waals surface area contributed by atoms with E-state index in [1.807, 2.05) is 0 Å². The number of aryl methyl sites for hydroxylation is 1. The average Bonchev–Trinajstić information content (AvgIpc) is 3.02. The van der Waals surface area contributed by atoms with Gasteiger partial charge in [0.2, 0.25) is 0 Å². The van der Waals surface area contributed by atoms with Gasteiger partial charge < -0.3 is 10.1 Å². The fraction of sp³-hybridized carbons (Fsp3) is 0.615. The van der Waals surface area contributed by atoms with Crippen molar-refractivity contribution in [1.82, 2.24) is 29.0 Å². The molecule has 0 bridgehead atoms. The van der Waals surface area contributed by atoms with Gasteiger partial charge in [0.1, 0.15) is 0 Å². The Hall–Kier alpha value is -2.53. The van der Waals surface area contributed by atoms with E-state index >= 15 is 0 Å². The van der Waals surface area contributed by atoms with Crippen molar-refractivity contribution in [1.29, 1.82) is 0 Å². The number of rotatable bonds is 4. The predicted octanol–water partition coefficient (Wildman–Crippen LogP) is -1.43. The lowest BCUT2D eigenvalue weighted by Crippen LogP contribution is -2.44. The fourth-order valence-electron chi connectivity index (χ4n) is 2.66. The van der Waals surface area contributed by atoms with Crippen molar-refractivity contribution in [2.75, 3.05) is 39.3 Å². The van der Waals surface area contributed by atoms with E-state index in [1.165, 1.54) is 11.6 Å². The summed E-state index contributed by atoms with van der Waals surface area (Å²) >= 11 is 0. The number of nitrogens with one attached hydrogen (secondary N) is 1. The average molecular weight is 336 g/mol. The van der Waals surface area contributed by atoms with Gasteiger partial charge in [0.15, 0.2) is 11.2 Å². The fourth-order valence-corrected chi connectivity index (χ4v) is 2.66. The van der Waals surface area contributed by atoms with Crippen molar-refractivity contribution >= 4 is 17.1 Å². The summed E-state index contributed by atoms with van der Waals surface area (Å²) in [6.07, 6.45) is 0. The number of aliphatic hydroxyl groups excluding tert-OH is 1. The molecule has 1 aliphatic rings. The summed E-state index contributed by atoms with van der Waals surface area (Å²) in [5.41, 5.74) is -0.409. The van der Waals surface area contributed by atoms with E-state index in [0.29, 0.717) is 19.6 Å². The van der Waals surface area contributed by atoms with E-state index in [4.69, 9.17) is 5.11 Å². The lowest BCUT2D eigenvalue weighted by Gasteiger charge is -2.31. The highest BCUT2D eigenvalue weighted by Crippen LogP contribution is 2.13. The third-order valence-electron chi connectivity index (χ3n) is 4.11. The van der Waals surface area contributed by atoms with Crippen molar-refractivity contribution in [3.05, 3.63) is 20.8 Å². The lowest BCUT2D eigenvalue weighted by molar-refractivity contribution is 0.110. The smallest absolute Gasteiger partial charge is 0.332 e. The molecule has 0 saturated carbocycles. The maximum atomic E-state index is 12.1. The number of fused-ring (bicyclic) bond motifs is 1. The lowest BCUT2D eigenvalue weighted by atomic mass is 10.3. The molecule has 0 aromatic carbocycles. The quantitative estimate of drug-likeness (QED) is 0.660. The normalized spacial score (nSPS) is 16.5. The first-order chi connectivity index (χ1) is 11.5. The van der Waals surface area contributed by atoms with Crippen LogP contribution in [0.25, 0.3) is 11.2 Å². The van der Waals surface area contributed by atoms with E-state index in [0.717, 1.165) is 17.7 Å². The van der Waals surface area contributed by atoms with Crippen LogP contribution in [0.2, 0.25) is 0 Å². The summed E-state index contributed by atoms with van der Waals surface area (Å²) in [6.45, 7) is 3.80. The molecular formula is C13H20N8O3. The third-order valence-corrected chi connectivity index (χ3v) is 4.11. The number of H-pyrrole nitrogens is 1. The van der Waals surface area contributed by atoms with Gasteiger partial charge in [-0.1, -0.05) is 10.3 Å². The second-order valence-corrected chi connectivity index (χ2v) is 5.67. The number of aromatic amines is 1. The molecule has 11 heteroatoms. The van der Waals surface area contributed by atoms with Crippen molar-refractivity contribution in [3.63, 3.8) is 0 Å². The highest BCUT2D eigenvalue weighted by Gasteiger charge is 2.16. The second kappa shape index (κ2) is 6.53. The summed E-state index contributed by atoms with van der Waals surface area (Å²) in [6, 6.07) is 0. The van der Waals surface area contributed by atoms with Crippen LogP contribution in [0.3, 0.4) is 0 Å². The van der Waals surface area contributed by atoms with Gasteiger partial charge in [-0.2, -0.15) is 4.98 Å². The van der Waals surface area contributed by atoms with Gasteiger partial charge in [-0.15, -0.1) is 0 Å². The van der Waals surface area contributed by atoms with E-state index in [2.05, 4.69) is 25.2 Å². The zero-order valence-corrected chi connectivity index (χ0v) is 13.6. The zero-order valence-electron chi connectivity index (χ0n) is 13.6. The highest BCUT2D eigenvalue weighted by atomic mass is 16.3. The Bertz CT molecular complexity index is 872. The third kappa shape index (κ3) is 2.95. The van der Waals surface area contributed by atoms with Crippen LogP contribution in [0.4, 0.5) is 5.95 Å². The SMILES string of the molecule is Cn1c(=O)c2[nH]c(/N=N/N3CCN(CCO)CC3)nc2n(C)c1=O. The number of piperazine rings is 1. The molecule has 0 amide bonds. The van der Waals surface area contributed by atoms with Gasteiger partial charge in [-0.05, 0) is 0 Å². The molecule has 2 aromatic rings. The maximum Gasteiger partial charge on any atom is 0.332 e. The summed E-state index contributed by atoms with van der Waals surface area (Å²) < 4.78 is 2.31. The van der Waals surface area contributed by atoms with Gasteiger partial charge in [0.05, 0.1) is 19.7 Å². The molecule has 24 heavy (non-hydrogen) atoms. The number of aromatic nitrogens is 4. The Morgan fingerprint density at radius 2 is 1.88 bits per heavy atom. The van der Waals surface area contributed by atoms with Crippen molar-refractivity contribution in [3.8, 4) is 0 Å². The molecule has 1 fully saturated rings. The number of hydrogen-bond donors (Lipinski definition) is 2. The number of β-amino-alcohol motifs (C(OH)–C–C–N with tert-alkyl or cyclic N) is 1. The maximum absolute atomic E-state index is 12.1. The Balaban J connectivity index is 1.79. The van der Waals surface area contributed by atoms with Crippen molar-refractivity contribution in [2.24, 2.45) is 24.4 Å². The molecule has 130 valence electrons. The van der Waals surface area contributed by atoms with Crippen LogP contribution in [0, 0.1) is 0 Å². The highest BCUT2D eigenvalue weighted by molar-refractivity contribution is 5.71. The van der Waals surface area contributed by atoms with Gasteiger partial charge in [-0.25, -0.2) is 4.79 Å². The van der Waals surface area contributed by atoms with Crippen LogP contribution in [0.1, 0.15) is 0 Å².